The van der Waals surface area contributed by atoms with Crippen molar-refractivity contribution in [2.75, 3.05) is 27.2 Å². The van der Waals surface area contributed by atoms with Crippen molar-refractivity contribution in [3.63, 3.8) is 0 Å². The quantitative estimate of drug-likeness (QED) is 0.217. The Hall–Kier alpha value is -3.09. The average molecular weight is 521 g/mol. The third-order valence-corrected chi connectivity index (χ3v) is 8.90. The molecule has 8 heteroatoms. The van der Waals surface area contributed by atoms with Gasteiger partial charge in [0.25, 0.3) is 0 Å². The molecule has 0 atom stereocenters. The molecule has 196 valence electrons. The number of benzene rings is 2. The SMILES string of the molecule is Cc1ccc(S(O)(O)n2c(C(=O)/C(C#N)=C/N(C)C)cc3cc(C4CCN(C(C)C)CC4)ccc32)cc1. The van der Waals surface area contributed by atoms with Crippen LogP contribution in [0.25, 0.3) is 10.9 Å². The fourth-order valence-corrected chi connectivity index (χ4v) is 6.57. The molecule has 2 N–H and O–H groups in total. The van der Waals surface area contributed by atoms with Crippen molar-refractivity contribution in [2.24, 2.45) is 0 Å². The van der Waals surface area contributed by atoms with Crippen LogP contribution in [0, 0.1) is 18.3 Å². The molecule has 1 aliphatic heterocycles. The molecule has 1 saturated heterocycles. The summed E-state index contributed by atoms with van der Waals surface area (Å²) in [6.45, 7) is 8.45. The molecule has 0 aliphatic carbocycles. The maximum Gasteiger partial charge on any atom is 0.223 e. The highest BCUT2D eigenvalue weighted by atomic mass is 32.3. The smallest absolute Gasteiger partial charge is 0.223 e. The summed E-state index contributed by atoms with van der Waals surface area (Å²) in [6.07, 6.45) is 3.56. The molecule has 0 unspecified atom stereocenters. The molecular formula is C29H36N4O3S. The van der Waals surface area contributed by atoms with Crippen LogP contribution < -0.4 is 0 Å². The predicted octanol–water partition coefficient (Wildman–Crippen LogP) is 6.26. The van der Waals surface area contributed by atoms with Gasteiger partial charge in [-0.1, -0.05) is 34.5 Å². The summed E-state index contributed by atoms with van der Waals surface area (Å²) >= 11 is 0. The largest absolute Gasteiger partial charge is 0.382 e. The minimum atomic E-state index is -3.60. The van der Waals surface area contributed by atoms with Gasteiger partial charge in [-0.2, -0.15) is 5.26 Å². The van der Waals surface area contributed by atoms with E-state index >= 15 is 0 Å². The number of piperidine rings is 1. The molecule has 0 radical (unpaired) electrons. The lowest BCUT2D eigenvalue weighted by molar-refractivity contribution is 0.103. The van der Waals surface area contributed by atoms with Crippen molar-refractivity contribution in [3.05, 3.63) is 77.1 Å². The highest BCUT2D eigenvalue weighted by Gasteiger charge is 2.30. The highest BCUT2D eigenvalue weighted by Crippen LogP contribution is 2.53. The van der Waals surface area contributed by atoms with Crippen molar-refractivity contribution >= 4 is 27.5 Å². The zero-order chi connectivity index (χ0) is 26.9. The molecule has 0 amide bonds. The fraction of sp³-hybridized carbons (Fsp3) is 0.379. The number of allylic oxidation sites excluding steroid dienone is 1. The Morgan fingerprint density at radius 2 is 1.76 bits per heavy atom. The third-order valence-electron chi connectivity index (χ3n) is 7.09. The molecule has 1 aromatic heterocycles. The third kappa shape index (κ3) is 5.46. The van der Waals surface area contributed by atoms with Gasteiger partial charge in [0.1, 0.15) is 17.3 Å². The Labute approximate surface area is 221 Å². The van der Waals surface area contributed by atoms with Gasteiger partial charge < -0.3 is 9.80 Å². The van der Waals surface area contributed by atoms with Gasteiger partial charge in [0, 0.05) is 31.7 Å². The van der Waals surface area contributed by atoms with Gasteiger partial charge in [0.05, 0.1) is 10.4 Å². The summed E-state index contributed by atoms with van der Waals surface area (Å²) in [5.74, 6) is -0.144. The van der Waals surface area contributed by atoms with Gasteiger partial charge in [-0.3, -0.25) is 13.9 Å². The number of hydrogen-bond acceptors (Lipinski definition) is 6. The van der Waals surface area contributed by atoms with Crippen LogP contribution in [0.3, 0.4) is 0 Å². The normalized spacial score (nSPS) is 16.2. The van der Waals surface area contributed by atoms with Crippen LogP contribution in [0.1, 0.15) is 54.2 Å². The molecular weight excluding hydrogens is 484 g/mol. The first-order valence-electron chi connectivity index (χ1n) is 12.6. The van der Waals surface area contributed by atoms with E-state index in [0.29, 0.717) is 22.4 Å². The average Bonchev–Trinajstić information content (AvgIpc) is 3.26. The predicted molar refractivity (Wildman–Crippen MR) is 150 cm³/mol. The number of nitriles is 1. The van der Waals surface area contributed by atoms with Crippen LogP contribution in [0.5, 0.6) is 0 Å². The Balaban J connectivity index is 1.84. The van der Waals surface area contributed by atoms with Crippen LogP contribution in [0.2, 0.25) is 0 Å². The maximum absolute atomic E-state index is 13.6. The second-order valence-electron chi connectivity index (χ2n) is 10.3. The standard InChI is InChI=1S/C29H36N4O3S/c1-20(2)32-14-12-22(13-15-32)23-8-11-27-24(16-23)17-28(29(34)25(18-30)19-31(4)5)33(27)37(35,36)26-9-6-21(3)7-10-26/h6-11,16-17,19-20,22,35-36H,12-15H2,1-5H3/b25-19+. The zero-order valence-corrected chi connectivity index (χ0v) is 23.0. The lowest BCUT2D eigenvalue weighted by Crippen LogP contribution is -2.37. The molecule has 3 aromatic rings. The summed E-state index contributed by atoms with van der Waals surface area (Å²) in [7, 11) is -0.134. The molecule has 4 rings (SSSR count). The second kappa shape index (κ2) is 10.7. The number of Topliss-reactive ketones (excluding diaryl/α,β-unsaturated/α-hetero) is 1. The summed E-state index contributed by atoms with van der Waals surface area (Å²) in [5, 5.41) is 10.5. The lowest BCUT2D eigenvalue weighted by Gasteiger charge is -2.36. The second-order valence-corrected chi connectivity index (χ2v) is 12.2. The zero-order valence-electron chi connectivity index (χ0n) is 22.2. The monoisotopic (exact) mass is 520 g/mol. The molecule has 37 heavy (non-hydrogen) atoms. The molecule has 1 aliphatic rings. The number of hydrogen-bond donors (Lipinski definition) is 2. The number of aromatic nitrogens is 1. The van der Waals surface area contributed by atoms with E-state index in [9.17, 15) is 19.2 Å². The van der Waals surface area contributed by atoms with E-state index in [2.05, 4.69) is 24.8 Å². The van der Waals surface area contributed by atoms with E-state index in [4.69, 9.17) is 0 Å². The van der Waals surface area contributed by atoms with Crippen molar-refractivity contribution in [3.8, 4) is 6.07 Å². The molecule has 1 fully saturated rings. The lowest BCUT2D eigenvalue weighted by atomic mass is 9.88. The van der Waals surface area contributed by atoms with Crippen molar-refractivity contribution in [2.45, 2.75) is 50.5 Å². The first-order valence-corrected chi connectivity index (χ1v) is 14.1. The first kappa shape index (κ1) is 27.0. The van der Waals surface area contributed by atoms with Crippen LogP contribution in [0.4, 0.5) is 0 Å². The number of ketones is 1. The van der Waals surface area contributed by atoms with Crippen molar-refractivity contribution in [1.29, 1.82) is 5.26 Å². The van der Waals surface area contributed by atoms with Gasteiger partial charge in [-0.05, 0) is 88.5 Å². The van der Waals surface area contributed by atoms with E-state index in [-0.39, 0.29) is 11.3 Å². The van der Waals surface area contributed by atoms with E-state index in [1.807, 2.05) is 37.3 Å². The molecule has 7 nitrogen and oxygen atoms in total. The molecule has 2 heterocycles. The maximum atomic E-state index is 13.6. The molecule has 0 bridgehead atoms. The topological polar surface area (TPSA) is 92.7 Å². The number of nitrogens with zero attached hydrogens (tertiary/aromatic N) is 4. The Morgan fingerprint density at radius 3 is 2.32 bits per heavy atom. The highest BCUT2D eigenvalue weighted by molar-refractivity contribution is 8.23. The summed E-state index contributed by atoms with van der Waals surface area (Å²) in [5.41, 5.74) is 2.73. The fourth-order valence-electron chi connectivity index (χ4n) is 5.01. The van der Waals surface area contributed by atoms with Crippen LogP contribution in [0.15, 0.2) is 65.2 Å². The van der Waals surface area contributed by atoms with Crippen LogP contribution >= 0.6 is 10.8 Å². The molecule has 0 spiro atoms. The van der Waals surface area contributed by atoms with Gasteiger partial charge >= 0.3 is 0 Å². The van der Waals surface area contributed by atoms with Crippen molar-refractivity contribution in [1.82, 2.24) is 13.8 Å². The van der Waals surface area contributed by atoms with Crippen LogP contribution in [-0.2, 0) is 0 Å². The van der Waals surface area contributed by atoms with E-state index in [0.717, 1.165) is 36.9 Å². The number of fused-ring (bicyclic) bond motifs is 1. The van der Waals surface area contributed by atoms with E-state index < -0.39 is 16.6 Å². The number of likely N-dealkylation sites (tertiary alicyclic amines) is 1. The van der Waals surface area contributed by atoms with Gasteiger partial charge in [-0.25, -0.2) is 3.97 Å². The van der Waals surface area contributed by atoms with Gasteiger partial charge in [0.2, 0.25) is 5.78 Å². The van der Waals surface area contributed by atoms with E-state index in [1.165, 1.54) is 15.7 Å². The number of carbonyl (C=O) groups excluding carboxylic acids is 1. The Kier molecular flexibility index (Phi) is 7.81. The summed E-state index contributed by atoms with van der Waals surface area (Å²) in [6, 6.07) is 17.1. The number of aryl methyl sites for hydroxylation is 1. The number of carbonyl (C=O) groups is 1. The van der Waals surface area contributed by atoms with Crippen LogP contribution in [-0.4, -0.2) is 61.9 Å². The van der Waals surface area contributed by atoms with Gasteiger partial charge in [-0.15, -0.1) is 0 Å². The Bertz CT molecular complexity index is 1360. The van der Waals surface area contributed by atoms with Gasteiger partial charge in [0.15, 0.2) is 0 Å². The van der Waals surface area contributed by atoms with E-state index in [1.54, 1.807) is 37.2 Å². The molecule has 0 saturated carbocycles. The first-order chi connectivity index (χ1) is 17.5. The molecule has 2 aromatic carbocycles. The summed E-state index contributed by atoms with van der Waals surface area (Å²) < 4.78 is 24.4. The minimum Gasteiger partial charge on any atom is -0.382 e. The number of rotatable bonds is 7. The Morgan fingerprint density at radius 1 is 1.11 bits per heavy atom. The summed E-state index contributed by atoms with van der Waals surface area (Å²) in [4.78, 5) is 18.0. The minimum absolute atomic E-state index is 0.0746. The van der Waals surface area contributed by atoms with Crippen molar-refractivity contribution < 1.29 is 13.9 Å².